The summed E-state index contributed by atoms with van der Waals surface area (Å²) in [5.74, 6) is 0. The van der Waals surface area contributed by atoms with Crippen molar-refractivity contribution < 1.29 is 5.11 Å². The van der Waals surface area contributed by atoms with Gasteiger partial charge in [0.25, 0.3) is 0 Å². The first kappa shape index (κ1) is 8.76. The van der Waals surface area contributed by atoms with Crippen molar-refractivity contribution in [3.63, 3.8) is 0 Å². The summed E-state index contributed by atoms with van der Waals surface area (Å²) < 4.78 is 0. The molecule has 0 radical (unpaired) electrons. The first-order valence-electron chi connectivity index (χ1n) is 4.97. The molecule has 1 heteroatoms. The molecule has 0 amide bonds. The minimum atomic E-state index is -0.219. The van der Waals surface area contributed by atoms with E-state index < -0.39 is 0 Å². The van der Waals surface area contributed by atoms with Gasteiger partial charge in [0.2, 0.25) is 0 Å². The zero-order chi connectivity index (χ0) is 9.42. The minimum Gasteiger partial charge on any atom is -0.388 e. The average Bonchev–Trinajstić information content (AvgIpc) is 2.12. The van der Waals surface area contributed by atoms with E-state index in [1.165, 1.54) is 22.3 Å². The van der Waals surface area contributed by atoms with Crippen molar-refractivity contribution in [2.24, 2.45) is 0 Å². The Morgan fingerprint density at radius 3 is 2.85 bits per heavy atom. The summed E-state index contributed by atoms with van der Waals surface area (Å²) in [7, 11) is 0. The molecule has 2 rings (SSSR count). The normalized spacial score (nSPS) is 21.3. The van der Waals surface area contributed by atoms with Crippen LogP contribution < -0.4 is 0 Å². The zero-order valence-corrected chi connectivity index (χ0v) is 8.30. The molecular weight excluding hydrogens is 160 g/mol. The summed E-state index contributed by atoms with van der Waals surface area (Å²) in [6.07, 6.45) is 2.96. The second kappa shape index (κ2) is 3.15. The lowest BCUT2D eigenvalue weighted by Crippen LogP contribution is -2.11. The van der Waals surface area contributed by atoms with Gasteiger partial charge < -0.3 is 5.11 Å². The molecule has 1 aliphatic rings. The van der Waals surface area contributed by atoms with E-state index in [1.54, 1.807) is 0 Å². The largest absolute Gasteiger partial charge is 0.388 e. The lowest BCUT2D eigenvalue weighted by atomic mass is 9.85. The Morgan fingerprint density at radius 1 is 1.31 bits per heavy atom. The molecule has 0 saturated carbocycles. The third kappa shape index (κ3) is 1.37. The van der Waals surface area contributed by atoms with Crippen molar-refractivity contribution >= 4 is 0 Å². The smallest absolute Gasteiger partial charge is 0.0795 e. The van der Waals surface area contributed by atoms with Crippen molar-refractivity contribution in [2.45, 2.75) is 39.2 Å². The lowest BCUT2D eigenvalue weighted by Gasteiger charge is -2.24. The molecule has 0 unspecified atom stereocenters. The topological polar surface area (TPSA) is 20.2 Å². The van der Waals surface area contributed by atoms with Crippen LogP contribution in [0.4, 0.5) is 0 Å². The van der Waals surface area contributed by atoms with Crippen molar-refractivity contribution in [2.75, 3.05) is 0 Å². The molecule has 1 aromatic rings. The van der Waals surface area contributed by atoms with Crippen LogP contribution in [0.5, 0.6) is 0 Å². The van der Waals surface area contributed by atoms with Gasteiger partial charge in [0.1, 0.15) is 0 Å². The quantitative estimate of drug-likeness (QED) is 0.644. The van der Waals surface area contributed by atoms with E-state index in [-0.39, 0.29) is 6.10 Å². The van der Waals surface area contributed by atoms with Crippen LogP contribution in [0.15, 0.2) is 12.1 Å². The van der Waals surface area contributed by atoms with Crippen molar-refractivity contribution in [3.8, 4) is 0 Å². The second-order valence-electron chi connectivity index (χ2n) is 3.99. The molecule has 1 nitrogen and oxygen atoms in total. The maximum atomic E-state index is 9.87. The van der Waals surface area contributed by atoms with E-state index in [2.05, 4.69) is 26.0 Å². The molecule has 1 aromatic carbocycles. The van der Waals surface area contributed by atoms with Crippen LogP contribution in [0.3, 0.4) is 0 Å². The highest BCUT2D eigenvalue weighted by Gasteiger charge is 2.20. The Kier molecular flexibility index (Phi) is 2.12. The molecule has 1 atom stereocenters. The van der Waals surface area contributed by atoms with Crippen LogP contribution in [0.2, 0.25) is 0 Å². The van der Waals surface area contributed by atoms with Crippen LogP contribution in [-0.4, -0.2) is 5.11 Å². The number of rotatable bonds is 0. The Morgan fingerprint density at radius 2 is 2.08 bits per heavy atom. The standard InChI is InChI=1S/C12H16O/c1-8-6-7-10-4-3-5-11(13)12(10)9(8)2/h6-7,11,13H,3-5H2,1-2H3/t11-/m1/s1. The number of fused-ring (bicyclic) bond motifs is 1. The summed E-state index contributed by atoms with van der Waals surface area (Å²) in [6, 6.07) is 4.33. The minimum absolute atomic E-state index is 0.219. The van der Waals surface area contributed by atoms with E-state index in [0.29, 0.717) is 0 Å². The molecule has 0 fully saturated rings. The van der Waals surface area contributed by atoms with Gasteiger partial charge in [-0.3, -0.25) is 0 Å². The summed E-state index contributed by atoms with van der Waals surface area (Å²) in [6.45, 7) is 4.22. The molecule has 0 aliphatic heterocycles. The van der Waals surface area contributed by atoms with E-state index in [4.69, 9.17) is 0 Å². The van der Waals surface area contributed by atoms with Gasteiger partial charge in [-0.2, -0.15) is 0 Å². The Balaban J connectivity index is 2.58. The second-order valence-corrected chi connectivity index (χ2v) is 3.99. The SMILES string of the molecule is Cc1ccc2c(c1C)[C@H](O)CCC2. The fraction of sp³-hybridized carbons (Fsp3) is 0.500. The summed E-state index contributed by atoms with van der Waals surface area (Å²) in [5.41, 5.74) is 5.12. The highest BCUT2D eigenvalue weighted by molar-refractivity contribution is 5.42. The van der Waals surface area contributed by atoms with Crippen LogP contribution in [0.25, 0.3) is 0 Å². The predicted octanol–water partition coefficient (Wildman–Crippen LogP) is 2.67. The van der Waals surface area contributed by atoms with Gasteiger partial charge in [0.05, 0.1) is 6.10 Å². The van der Waals surface area contributed by atoms with Crippen LogP contribution in [0.1, 0.15) is 41.2 Å². The van der Waals surface area contributed by atoms with Gasteiger partial charge in [-0.05, 0) is 55.4 Å². The molecule has 0 aromatic heterocycles. The molecule has 13 heavy (non-hydrogen) atoms. The third-order valence-electron chi connectivity index (χ3n) is 3.13. The fourth-order valence-corrected chi connectivity index (χ4v) is 2.21. The number of benzene rings is 1. The highest BCUT2D eigenvalue weighted by atomic mass is 16.3. The summed E-state index contributed by atoms with van der Waals surface area (Å²) >= 11 is 0. The van der Waals surface area contributed by atoms with Gasteiger partial charge in [0, 0.05) is 0 Å². The van der Waals surface area contributed by atoms with E-state index >= 15 is 0 Å². The Labute approximate surface area is 79.4 Å². The number of hydrogen-bond donors (Lipinski definition) is 1. The molecule has 1 aliphatic carbocycles. The van der Waals surface area contributed by atoms with Crippen molar-refractivity contribution in [3.05, 3.63) is 34.4 Å². The van der Waals surface area contributed by atoms with Gasteiger partial charge in [-0.1, -0.05) is 12.1 Å². The lowest BCUT2D eigenvalue weighted by molar-refractivity contribution is 0.156. The van der Waals surface area contributed by atoms with E-state index in [1.807, 2.05) is 0 Å². The van der Waals surface area contributed by atoms with Crippen LogP contribution >= 0.6 is 0 Å². The number of hydrogen-bond acceptors (Lipinski definition) is 1. The number of aliphatic hydroxyl groups is 1. The van der Waals surface area contributed by atoms with Crippen molar-refractivity contribution in [1.82, 2.24) is 0 Å². The van der Waals surface area contributed by atoms with E-state index in [0.717, 1.165) is 19.3 Å². The van der Waals surface area contributed by atoms with Gasteiger partial charge in [0.15, 0.2) is 0 Å². The molecule has 0 spiro atoms. The molecule has 0 bridgehead atoms. The first-order chi connectivity index (χ1) is 6.20. The number of aliphatic hydroxyl groups excluding tert-OH is 1. The zero-order valence-electron chi connectivity index (χ0n) is 8.30. The molecule has 0 heterocycles. The Hall–Kier alpha value is -0.820. The Bertz CT molecular complexity index is 328. The molecule has 1 N–H and O–H groups in total. The molecular formula is C12H16O. The summed E-state index contributed by atoms with van der Waals surface area (Å²) in [5, 5.41) is 9.87. The number of aryl methyl sites for hydroxylation is 2. The van der Waals surface area contributed by atoms with Gasteiger partial charge >= 0.3 is 0 Å². The van der Waals surface area contributed by atoms with Crippen LogP contribution in [0, 0.1) is 13.8 Å². The molecule has 0 saturated heterocycles. The molecule has 70 valence electrons. The predicted molar refractivity (Wildman–Crippen MR) is 53.8 cm³/mol. The fourth-order valence-electron chi connectivity index (χ4n) is 2.21. The maximum absolute atomic E-state index is 9.87. The third-order valence-corrected chi connectivity index (χ3v) is 3.13. The highest BCUT2D eigenvalue weighted by Crippen LogP contribution is 2.33. The van der Waals surface area contributed by atoms with Crippen LogP contribution in [-0.2, 0) is 6.42 Å². The van der Waals surface area contributed by atoms with Gasteiger partial charge in [-0.15, -0.1) is 0 Å². The summed E-state index contributed by atoms with van der Waals surface area (Å²) in [4.78, 5) is 0. The van der Waals surface area contributed by atoms with Gasteiger partial charge in [-0.25, -0.2) is 0 Å². The average molecular weight is 176 g/mol. The monoisotopic (exact) mass is 176 g/mol. The van der Waals surface area contributed by atoms with E-state index in [9.17, 15) is 5.11 Å². The maximum Gasteiger partial charge on any atom is 0.0795 e. The first-order valence-corrected chi connectivity index (χ1v) is 4.97. The van der Waals surface area contributed by atoms with Crippen molar-refractivity contribution in [1.29, 1.82) is 0 Å².